The van der Waals surface area contributed by atoms with Crippen LogP contribution in [0.1, 0.15) is 19.3 Å². The molecule has 1 aliphatic carbocycles. The predicted octanol–water partition coefficient (Wildman–Crippen LogP) is 2.26. The number of hydrogen-bond acceptors (Lipinski definition) is 7. The van der Waals surface area contributed by atoms with Crippen molar-refractivity contribution in [1.29, 1.82) is 0 Å². The molecule has 7 N–H and O–H groups in total. The number of primary amides is 1. The van der Waals surface area contributed by atoms with Gasteiger partial charge in [-0.15, -0.1) is 0 Å². The van der Waals surface area contributed by atoms with Gasteiger partial charge in [-0.25, -0.2) is 9.78 Å². The lowest BCUT2D eigenvalue weighted by atomic mass is 10.1. The number of carboxylic acid groups (broad SMARTS) is 1. The summed E-state index contributed by atoms with van der Waals surface area (Å²) in [6.45, 7) is 0.926. The lowest BCUT2D eigenvalue weighted by Crippen LogP contribution is -2.41. The molecule has 1 aliphatic rings. The van der Waals surface area contributed by atoms with Crippen molar-refractivity contribution in [3.8, 4) is 0 Å². The summed E-state index contributed by atoms with van der Waals surface area (Å²) >= 11 is 3.39. The molecule has 164 valence electrons. The Bertz CT molecular complexity index is 997. The van der Waals surface area contributed by atoms with Gasteiger partial charge in [0.2, 0.25) is 17.8 Å². The number of hydrogen-bond donors (Lipinski definition) is 6. The number of nitrogens with two attached hydrogens (primary N) is 1. The van der Waals surface area contributed by atoms with Crippen LogP contribution >= 0.6 is 15.9 Å². The molecule has 0 unspecified atom stereocenters. The fraction of sp³-hybridized carbons (Fsp3) is 0.316. The number of aromatic nitrogens is 2. The van der Waals surface area contributed by atoms with E-state index in [1.54, 1.807) is 30.5 Å². The molecule has 0 saturated heterocycles. The van der Waals surface area contributed by atoms with Crippen molar-refractivity contribution >= 4 is 57.0 Å². The highest BCUT2D eigenvalue weighted by atomic mass is 79.9. The van der Waals surface area contributed by atoms with E-state index in [0.717, 1.165) is 0 Å². The van der Waals surface area contributed by atoms with Crippen LogP contribution in [0.4, 0.5) is 27.9 Å². The van der Waals surface area contributed by atoms with E-state index < -0.39 is 17.4 Å². The molecule has 12 heteroatoms. The van der Waals surface area contributed by atoms with Crippen molar-refractivity contribution in [2.24, 2.45) is 11.1 Å². The molecule has 0 bridgehead atoms. The lowest BCUT2D eigenvalue weighted by molar-refractivity contribution is -0.135. The summed E-state index contributed by atoms with van der Waals surface area (Å²) in [6.07, 6.45) is 2.06. The standard InChI is InChI=1S/C19H22BrN7O4/c20-13-10-24-17(25-11-3-1-4-12(9-11)26-18(30)31)27-14(13)22-7-2-8-23-16(29)19(5-6-19)15(21)28/h1,3-4,9-10,26H,2,5-8H2,(H2,21,28)(H,23,29)(H,30,31)(H2,22,24,25,27). The summed E-state index contributed by atoms with van der Waals surface area (Å²) in [5, 5.41) is 20.0. The fourth-order valence-corrected chi connectivity index (χ4v) is 3.19. The molecule has 0 spiro atoms. The molecule has 1 aromatic heterocycles. The molecule has 3 rings (SSSR count). The summed E-state index contributed by atoms with van der Waals surface area (Å²) in [5.74, 6) is -0.00489. The maximum Gasteiger partial charge on any atom is 0.409 e. The molecule has 1 heterocycles. The molecule has 1 saturated carbocycles. The van der Waals surface area contributed by atoms with Crippen LogP contribution in [0, 0.1) is 5.41 Å². The average molecular weight is 492 g/mol. The number of halogens is 1. The number of nitrogens with one attached hydrogen (secondary N) is 4. The van der Waals surface area contributed by atoms with Gasteiger partial charge >= 0.3 is 6.09 Å². The number of anilines is 4. The van der Waals surface area contributed by atoms with Crippen LogP contribution in [0.25, 0.3) is 0 Å². The van der Waals surface area contributed by atoms with Crippen molar-refractivity contribution in [3.05, 3.63) is 34.9 Å². The topological polar surface area (TPSA) is 171 Å². The highest BCUT2D eigenvalue weighted by molar-refractivity contribution is 9.10. The Hall–Kier alpha value is -3.41. The van der Waals surface area contributed by atoms with E-state index in [1.807, 2.05) is 0 Å². The number of carbonyl (C=O) groups excluding carboxylic acids is 2. The summed E-state index contributed by atoms with van der Waals surface area (Å²) in [7, 11) is 0. The number of rotatable bonds is 10. The highest BCUT2D eigenvalue weighted by Crippen LogP contribution is 2.45. The smallest absolute Gasteiger partial charge is 0.409 e. The third-order valence-corrected chi connectivity index (χ3v) is 5.28. The van der Waals surface area contributed by atoms with Crippen LogP contribution in [-0.2, 0) is 9.59 Å². The summed E-state index contributed by atoms with van der Waals surface area (Å²) < 4.78 is 0.661. The normalized spacial score (nSPS) is 13.7. The minimum absolute atomic E-state index is 0.311. The van der Waals surface area contributed by atoms with Crippen molar-refractivity contribution in [2.75, 3.05) is 29.0 Å². The SMILES string of the molecule is NC(=O)C1(C(=O)NCCCNc2nc(Nc3cccc(NC(=O)O)c3)ncc2Br)CC1. The summed E-state index contributed by atoms with van der Waals surface area (Å²) in [5.41, 5.74) is 5.31. The predicted molar refractivity (Wildman–Crippen MR) is 118 cm³/mol. The Morgan fingerprint density at radius 1 is 1.19 bits per heavy atom. The Labute approximate surface area is 186 Å². The maximum atomic E-state index is 12.1. The third kappa shape index (κ3) is 5.81. The van der Waals surface area contributed by atoms with Gasteiger partial charge in [0.15, 0.2) is 0 Å². The maximum absolute atomic E-state index is 12.1. The van der Waals surface area contributed by atoms with Crippen LogP contribution in [0.2, 0.25) is 0 Å². The molecule has 2 aromatic rings. The fourth-order valence-electron chi connectivity index (χ4n) is 2.86. The third-order valence-electron chi connectivity index (χ3n) is 4.70. The monoisotopic (exact) mass is 491 g/mol. The summed E-state index contributed by atoms with van der Waals surface area (Å²) in [4.78, 5) is 42.8. The molecular formula is C19H22BrN7O4. The van der Waals surface area contributed by atoms with Crippen molar-refractivity contribution in [3.63, 3.8) is 0 Å². The molecule has 1 aromatic carbocycles. The number of nitrogens with zero attached hydrogens (tertiary/aromatic N) is 2. The van der Waals surface area contributed by atoms with E-state index in [4.69, 9.17) is 10.8 Å². The van der Waals surface area contributed by atoms with Crippen LogP contribution < -0.4 is 27.0 Å². The first-order valence-electron chi connectivity index (χ1n) is 9.52. The van der Waals surface area contributed by atoms with Crippen LogP contribution in [0.5, 0.6) is 0 Å². The average Bonchev–Trinajstić information content (AvgIpc) is 3.52. The zero-order valence-electron chi connectivity index (χ0n) is 16.4. The van der Waals surface area contributed by atoms with Gasteiger partial charge in [-0.2, -0.15) is 4.98 Å². The first-order chi connectivity index (χ1) is 14.8. The lowest BCUT2D eigenvalue weighted by Gasteiger charge is -2.13. The van der Waals surface area contributed by atoms with E-state index >= 15 is 0 Å². The minimum atomic E-state index is -1.15. The van der Waals surface area contributed by atoms with E-state index in [1.165, 1.54) is 0 Å². The van der Waals surface area contributed by atoms with Crippen molar-refractivity contribution in [2.45, 2.75) is 19.3 Å². The second-order valence-electron chi connectivity index (χ2n) is 7.01. The molecule has 31 heavy (non-hydrogen) atoms. The van der Waals surface area contributed by atoms with Crippen LogP contribution in [-0.4, -0.2) is 46.1 Å². The Balaban J connectivity index is 1.50. The zero-order valence-corrected chi connectivity index (χ0v) is 18.0. The quantitative estimate of drug-likeness (QED) is 0.217. The van der Waals surface area contributed by atoms with Gasteiger partial charge in [0.05, 0.1) is 4.47 Å². The van der Waals surface area contributed by atoms with Gasteiger partial charge in [-0.05, 0) is 53.4 Å². The highest BCUT2D eigenvalue weighted by Gasteiger charge is 2.55. The first kappa shape index (κ1) is 22.3. The second kappa shape index (κ2) is 9.60. The van der Waals surface area contributed by atoms with Gasteiger partial charge in [-0.3, -0.25) is 14.9 Å². The Kier molecular flexibility index (Phi) is 6.90. The van der Waals surface area contributed by atoms with E-state index in [2.05, 4.69) is 47.2 Å². The summed E-state index contributed by atoms with van der Waals surface area (Å²) in [6, 6.07) is 6.70. The number of carbonyl (C=O) groups is 3. The van der Waals surface area contributed by atoms with Crippen molar-refractivity contribution in [1.82, 2.24) is 15.3 Å². The molecule has 0 atom stereocenters. The Morgan fingerprint density at radius 2 is 1.94 bits per heavy atom. The van der Waals surface area contributed by atoms with Crippen molar-refractivity contribution < 1.29 is 19.5 Å². The minimum Gasteiger partial charge on any atom is -0.465 e. The first-order valence-corrected chi connectivity index (χ1v) is 10.3. The number of amides is 3. The van der Waals surface area contributed by atoms with Gasteiger partial charge in [0, 0.05) is 30.7 Å². The molecule has 11 nitrogen and oxygen atoms in total. The number of benzene rings is 1. The molecule has 3 amide bonds. The molecule has 1 fully saturated rings. The van der Waals surface area contributed by atoms with Crippen LogP contribution in [0.15, 0.2) is 34.9 Å². The van der Waals surface area contributed by atoms with E-state index in [0.29, 0.717) is 60.0 Å². The molecular weight excluding hydrogens is 470 g/mol. The molecule has 0 radical (unpaired) electrons. The van der Waals surface area contributed by atoms with Gasteiger partial charge in [0.1, 0.15) is 11.2 Å². The van der Waals surface area contributed by atoms with Crippen LogP contribution in [0.3, 0.4) is 0 Å². The van der Waals surface area contributed by atoms with Gasteiger partial charge in [-0.1, -0.05) is 6.07 Å². The van der Waals surface area contributed by atoms with E-state index in [9.17, 15) is 14.4 Å². The van der Waals surface area contributed by atoms with E-state index in [-0.39, 0.29) is 5.91 Å². The zero-order chi connectivity index (χ0) is 22.4. The largest absolute Gasteiger partial charge is 0.465 e. The van der Waals surface area contributed by atoms with Gasteiger partial charge < -0.3 is 26.8 Å². The Morgan fingerprint density at radius 3 is 2.61 bits per heavy atom. The van der Waals surface area contributed by atoms with Gasteiger partial charge in [0.25, 0.3) is 0 Å². The molecule has 0 aliphatic heterocycles. The second-order valence-corrected chi connectivity index (χ2v) is 7.86.